The van der Waals surface area contributed by atoms with Crippen molar-refractivity contribution in [3.05, 3.63) is 71.3 Å². The van der Waals surface area contributed by atoms with Crippen LogP contribution in [-0.2, 0) is 26.7 Å². The molecule has 1 N–H and O–H groups in total. The molecule has 2 atom stereocenters. The second kappa shape index (κ2) is 11.1. The van der Waals surface area contributed by atoms with E-state index in [1.165, 1.54) is 11.1 Å². The lowest BCUT2D eigenvalue weighted by molar-refractivity contribution is -0.141. The van der Waals surface area contributed by atoms with E-state index in [4.69, 9.17) is 4.52 Å². The summed E-state index contributed by atoms with van der Waals surface area (Å²) >= 11 is 0. The lowest BCUT2D eigenvalue weighted by Crippen LogP contribution is -2.18. The van der Waals surface area contributed by atoms with Crippen molar-refractivity contribution in [2.45, 2.75) is 33.1 Å². The van der Waals surface area contributed by atoms with E-state index in [1.54, 1.807) is 0 Å². The Kier molecular flexibility index (Phi) is 8.77. The number of hydrogen-bond acceptors (Lipinski definition) is 3. The monoisotopic (exact) mass is 388 g/mol. The topological polar surface area (TPSA) is 63.6 Å². The molecule has 5 heteroatoms. The second-order valence-electron chi connectivity index (χ2n) is 7.32. The van der Waals surface area contributed by atoms with Crippen LogP contribution in [-0.4, -0.2) is 23.8 Å². The third kappa shape index (κ3) is 8.11. The molecule has 0 saturated carbocycles. The largest absolute Gasteiger partial charge is 0.481 e. The zero-order valence-electron chi connectivity index (χ0n) is 16.1. The highest BCUT2D eigenvalue weighted by Gasteiger charge is 2.21. The van der Waals surface area contributed by atoms with Gasteiger partial charge in [-0.1, -0.05) is 68.4 Å². The molecule has 0 bridgehead atoms. The Morgan fingerprint density at radius 3 is 2.19 bits per heavy atom. The van der Waals surface area contributed by atoms with Crippen LogP contribution in [0.5, 0.6) is 0 Å². The van der Waals surface area contributed by atoms with Gasteiger partial charge in [0, 0.05) is 6.16 Å². The van der Waals surface area contributed by atoms with E-state index in [0.717, 1.165) is 12.0 Å². The van der Waals surface area contributed by atoms with Gasteiger partial charge < -0.3 is 9.63 Å². The summed E-state index contributed by atoms with van der Waals surface area (Å²) in [5.74, 6) is -1.22. The smallest absolute Gasteiger partial charge is 0.307 e. The van der Waals surface area contributed by atoms with Gasteiger partial charge in [0.2, 0.25) is 0 Å². The number of hydrogen-bond donors (Lipinski definition) is 1. The predicted octanol–water partition coefficient (Wildman–Crippen LogP) is 5.06. The highest BCUT2D eigenvalue weighted by molar-refractivity contribution is 7.39. The molecule has 2 unspecified atom stereocenters. The molecule has 2 rings (SSSR count). The van der Waals surface area contributed by atoms with Gasteiger partial charge in [-0.3, -0.25) is 9.36 Å². The van der Waals surface area contributed by atoms with Gasteiger partial charge in [-0.05, 0) is 41.9 Å². The average molecular weight is 388 g/mol. The molecule has 2 aromatic rings. The summed E-state index contributed by atoms with van der Waals surface area (Å²) in [5.41, 5.74) is 3.65. The van der Waals surface area contributed by atoms with Crippen LogP contribution in [0.4, 0.5) is 0 Å². The standard InChI is InChI=1S/C22H29O4P/c1-17(2)14-21(22(23)24)16-27(25)26-13-12-18-8-10-20(11-9-18)15-19-6-4-3-5-7-19/h3-11,17,21,27H,12-16H2,1-2H3,(H,23,24). The molecular weight excluding hydrogens is 359 g/mol. The summed E-state index contributed by atoms with van der Waals surface area (Å²) in [5, 5.41) is 9.23. The van der Waals surface area contributed by atoms with Crippen molar-refractivity contribution < 1.29 is 19.0 Å². The summed E-state index contributed by atoms with van der Waals surface area (Å²) in [6.07, 6.45) is 2.22. The van der Waals surface area contributed by atoms with Gasteiger partial charge in [-0.2, -0.15) is 0 Å². The van der Waals surface area contributed by atoms with Crippen LogP contribution in [0, 0.1) is 11.8 Å². The Balaban J connectivity index is 1.76. The van der Waals surface area contributed by atoms with Crippen molar-refractivity contribution in [2.24, 2.45) is 11.8 Å². The molecule has 0 aliphatic heterocycles. The van der Waals surface area contributed by atoms with Gasteiger partial charge in [-0.15, -0.1) is 0 Å². The normalized spacial score (nSPS) is 13.4. The van der Waals surface area contributed by atoms with E-state index in [0.29, 0.717) is 19.4 Å². The molecule has 0 aliphatic carbocycles. The van der Waals surface area contributed by atoms with Crippen LogP contribution in [0.15, 0.2) is 54.6 Å². The van der Waals surface area contributed by atoms with Crippen LogP contribution >= 0.6 is 8.03 Å². The maximum atomic E-state index is 12.1. The highest BCUT2D eigenvalue weighted by Crippen LogP contribution is 2.29. The maximum Gasteiger partial charge on any atom is 0.307 e. The molecule has 0 saturated heterocycles. The van der Waals surface area contributed by atoms with E-state index in [9.17, 15) is 14.5 Å². The van der Waals surface area contributed by atoms with Crippen LogP contribution in [0.3, 0.4) is 0 Å². The fraction of sp³-hybridized carbons (Fsp3) is 0.409. The second-order valence-corrected chi connectivity index (χ2v) is 8.76. The van der Waals surface area contributed by atoms with E-state index < -0.39 is 19.9 Å². The summed E-state index contributed by atoms with van der Waals surface area (Å²) < 4.78 is 17.5. The van der Waals surface area contributed by atoms with Crippen LogP contribution in [0.25, 0.3) is 0 Å². The van der Waals surface area contributed by atoms with Gasteiger partial charge in [0.15, 0.2) is 8.03 Å². The highest BCUT2D eigenvalue weighted by atomic mass is 31.1. The number of carboxylic acids is 1. The first-order valence-electron chi connectivity index (χ1n) is 9.44. The van der Waals surface area contributed by atoms with E-state index >= 15 is 0 Å². The fourth-order valence-corrected chi connectivity index (χ4v) is 4.23. The van der Waals surface area contributed by atoms with Crippen LogP contribution < -0.4 is 0 Å². The zero-order valence-corrected chi connectivity index (χ0v) is 17.1. The lowest BCUT2D eigenvalue weighted by atomic mass is 9.99. The number of rotatable bonds is 11. The minimum Gasteiger partial charge on any atom is -0.481 e. The Morgan fingerprint density at radius 2 is 1.59 bits per heavy atom. The summed E-state index contributed by atoms with van der Waals surface area (Å²) in [7, 11) is -2.33. The Bertz CT molecular complexity index is 726. The van der Waals surface area contributed by atoms with E-state index in [1.807, 2.05) is 32.0 Å². The van der Waals surface area contributed by atoms with Crippen LogP contribution in [0.2, 0.25) is 0 Å². The molecule has 0 aromatic heterocycles. The number of carbonyl (C=O) groups is 1. The molecule has 4 nitrogen and oxygen atoms in total. The summed E-state index contributed by atoms with van der Waals surface area (Å²) in [6, 6.07) is 18.7. The molecule has 0 spiro atoms. The number of carboxylic acid groups (broad SMARTS) is 1. The molecule has 146 valence electrons. The van der Waals surface area contributed by atoms with Crippen molar-refractivity contribution in [2.75, 3.05) is 12.8 Å². The SMILES string of the molecule is CC(C)CC(C[PH](=O)OCCc1ccc(Cc2ccccc2)cc1)C(=O)O. The molecule has 0 fully saturated rings. The van der Waals surface area contributed by atoms with Gasteiger partial charge in [-0.25, -0.2) is 0 Å². The molecule has 0 radical (unpaired) electrons. The Hall–Kier alpha value is -1.90. The number of aliphatic carboxylic acids is 1. The molecule has 0 aliphatic rings. The Labute approximate surface area is 162 Å². The predicted molar refractivity (Wildman–Crippen MR) is 110 cm³/mol. The zero-order chi connectivity index (χ0) is 19.6. The summed E-state index contributed by atoms with van der Waals surface area (Å²) in [4.78, 5) is 11.3. The quantitative estimate of drug-likeness (QED) is 0.547. The van der Waals surface area contributed by atoms with E-state index in [-0.39, 0.29) is 12.1 Å². The van der Waals surface area contributed by atoms with Gasteiger partial charge >= 0.3 is 5.97 Å². The first-order chi connectivity index (χ1) is 12.9. The first kappa shape index (κ1) is 21.4. The van der Waals surface area contributed by atoms with Crippen LogP contribution in [0.1, 0.15) is 37.0 Å². The third-order valence-electron chi connectivity index (χ3n) is 4.45. The number of benzene rings is 2. The lowest BCUT2D eigenvalue weighted by Gasteiger charge is -2.14. The first-order valence-corrected chi connectivity index (χ1v) is 11.0. The Morgan fingerprint density at radius 1 is 1.00 bits per heavy atom. The van der Waals surface area contributed by atoms with Gasteiger partial charge in [0.25, 0.3) is 0 Å². The van der Waals surface area contributed by atoms with Gasteiger partial charge in [0.1, 0.15) is 0 Å². The fourth-order valence-electron chi connectivity index (χ4n) is 3.04. The molecular formula is C22H29O4P. The third-order valence-corrected chi connectivity index (χ3v) is 5.80. The maximum absolute atomic E-state index is 12.1. The van der Waals surface area contributed by atoms with Crippen molar-refractivity contribution in [3.8, 4) is 0 Å². The summed E-state index contributed by atoms with van der Waals surface area (Å²) in [6.45, 7) is 4.29. The molecule has 2 aromatic carbocycles. The minimum absolute atomic E-state index is 0.119. The molecule has 27 heavy (non-hydrogen) atoms. The van der Waals surface area contributed by atoms with Crippen molar-refractivity contribution in [3.63, 3.8) is 0 Å². The molecule has 0 heterocycles. The van der Waals surface area contributed by atoms with Crippen molar-refractivity contribution in [1.82, 2.24) is 0 Å². The van der Waals surface area contributed by atoms with Gasteiger partial charge in [0.05, 0.1) is 12.5 Å². The van der Waals surface area contributed by atoms with Crippen molar-refractivity contribution >= 4 is 14.0 Å². The minimum atomic E-state index is -2.33. The average Bonchev–Trinajstić information content (AvgIpc) is 2.63. The molecule has 0 amide bonds. The van der Waals surface area contributed by atoms with E-state index in [2.05, 4.69) is 36.4 Å². The van der Waals surface area contributed by atoms with Crippen molar-refractivity contribution in [1.29, 1.82) is 0 Å².